The Morgan fingerprint density at radius 1 is 1.17 bits per heavy atom. The number of nitrogens with two attached hydrogens (primary N) is 1. The molecule has 0 bridgehead atoms. The summed E-state index contributed by atoms with van der Waals surface area (Å²) in [6, 6.07) is 0. The fraction of sp³-hybridized carbons (Fsp3) is 0.909. The third-order valence-electron chi connectivity index (χ3n) is 2.42. The first-order chi connectivity index (χ1) is 8.52. The summed E-state index contributed by atoms with van der Waals surface area (Å²) in [6.45, 7) is 2.94. The minimum atomic E-state index is -3.24. The van der Waals surface area contributed by atoms with E-state index >= 15 is 0 Å². The zero-order valence-electron chi connectivity index (χ0n) is 11.1. The molecule has 0 atom stereocenters. The maximum absolute atomic E-state index is 11.4. The van der Waals surface area contributed by atoms with E-state index in [0.717, 1.165) is 25.7 Å². The van der Waals surface area contributed by atoms with Crippen molar-refractivity contribution >= 4 is 15.9 Å². The molecular formula is C11H25N3O3S. The van der Waals surface area contributed by atoms with Gasteiger partial charge in [0.1, 0.15) is 0 Å². The maximum Gasteiger partial charge on any atom is 0.220 e. The van der Waals surface area contributed by atoms with Gasteiger partial charge in [0.2, 0.25) is 15.9 Å². The second-order valence-electron chi connectivity index (χ2n) is 4.12. The molecule has 0 aliphatic heterocycles. The number of carbonyl (C=O) groups is 1. The van der Waals surface area contributed by atoms with E-state index in [1.807, 2.05) is 0 Å². The van der Waals surface area contributed by atoms with Gasteiger partial charge in [0, 0.05) is 19.5 Å². The number of unbranched alkanes of at least 4 members (excludes halogenated alkanes) is 3. The molecule has 18 heavy (non-hydrogen) atoms. The van der Waals surface area contributed by atoms with Gasteiger partial charge >= 0.3 is 0 Å². The van der Waals surface area contributed by atoms with Crippen LogP contribution in [0.2, 0.25) is 0 Å². The van der Waals surface area contributed by atoms with Gasteiger partial charge in [-0.05, 0) is 19.4 Å². The highest BCUT2D eigenvalue weighted by Crippen LogP contribution is 2.01. The first kappa shape index (κ1) is 17.3. The maximum atomic E-state index is 11.4. The lowest BCUT2D eigenvalue weighted by molar-refractivity contribution is -0.121. The molecule has 0 aliphatic carbocycles. The Morgan fingerprint density at radius 3 is 2.44 bits per heavy atom. The largest absolute Gasteiger partial charge is 0.355 e. The van der Waals surface area contributed by atoms with Crippen molar-refractivity contribution in [3.8, 4) is 0 Å². The molecule has 7 heteroatoms. The lowest BCUT2D eigenvalue weighted by Gasteiger charge is -2.06. The first-order valence-electron chi connectivity index (χ1n) is 6.46. The summed E-state index contributed by atoms with van der Waals surface area (Å²) in [5.74, 6) is -0.158. The van der Waals surface area contributed by atoms with Gasteiger partial charge in [-0.3, -0.25) is 4.79 Å². The molecule has 0 spiro atoms. The Labute approximate surface area is 110 Å². The molecule has 0 rings (SSSR count). The monoisotopic (exact) mass is 279 g/mol. The molecule has 0 radical (unpaired) electrons. The van der Waals surface area contributed by atoms with E-state index in [4.69, 9.17) is 5.73 Å². The Balaban J connectivity index is 3.53. The Bertz CT molecular complexity index is 317. The minimum Gasteiger partial charge on any atom is -0.355 e. The topological polar surface area (TPSA) is 101 Å². The van der Waals surface area contributed by atoms with Crippen molar-refractivity contribution in [1.82, 2.24) is 10.0 Å². The number of sulfonamides is 1. The van der Waals surface area contributed by atoms with Crippen LogP contribution in [0, 0.1) is 0 Å². The van der Waals surface area contributed by atoms with Gasteiger partial charge < -0.3 is 11.1 Å². The van der Waals surface area contributed by atoms with Crippen LogP contribution in [0.25, 0.3) is 0 Å². The van der Waals surface area contributed by atoms with Crippen molar-refractivity contribution in [2.45, 2.75) is 39.0 Å². The fourth-order valence-electron chi connectivity index (χ4n) is 1.49. The van der Waals surface area contributed by atoms with Crippen molar-refractivity contribution < 1.29 is 13.2 Å². The fourth-order valence-corrected chi connectivity index (χ4v) is 2.44. The lowest BCUT2D eigenvalue weighted by Crippen LogP contribution is -2.34. The van der Waals surface area contributed by atoms with E-state index in [0.29, 0.717) is 19.5 Å². The lowest BCUT2D eigenvalue weighted by atomic mass is 10.1. The van der Waals surface area contributed by atoms with Crippen LogP contribution in [0.5, 0.6) is 0 Å². The number of nitrogens with one attached hydrogen (secondary N) is 2. The molecule has 6 nitrogen and oxygen atoms in total. The van der Waals surface area contributed by atoms with Crippen molar-refractivity contribution in [2.75, 3.05) is 25.4 Å². The smallest absolute Gasteiger partial charge is 0.220 e. The third kappa shape index (κ3) is 10.5. The standard InChI is InChI=1S/C11H25N3O3S/c1-2-14-18(16,17)10-9-13-11(15)7-5-3-4-6-8-12/h14H,2-10,12H2,1H3,(H,13,15). The Morgan fingerprint density at radius 2 is 1.83 bits per heavy atom. The van der Waals surface area contributed by atoms with E-state index in [2.05, 4.69) is 10.0 Å². The van der Waals surface area contributed by atoms with E-state index in [1.54, 1.807) is 6.92 Å². The summed E-state index contributed by atoms with van der Waals surface area (Å²) in [7, 11) is -3.24. The molecular weight excluding hydrogens is 254 g/mol. The van der Waals surface area contributed by atoms with Crippen LogP contribution in [0.4, 0.5) is 0 Å². The van der Waals surface area contributed by atoms with Crippen LogP contribution in [0.1, 0.15) is 39.0 Å². The molecule has 0 aromatic rings. The highest BCUT2D eigenvalue weighted by Gasteiger charge is 2.08. The summed E-state index contributed by atoms with van der Waals surface area (Å²) in [6.07, 6.45) is 4.29. The normalized spacial score (nSPS) is 11.4. The van der Waals surface area contributed by atoms with Crippen LogP contribution < -0.4 is 15.8 Å². The zero-order valence-corrected chi connectivity index (χ0v) is 11.9. The molecule has 0 saturated carbocycles. The molecule has 0 aromatic carbocycles. The van der Waals surface area contributed by atoms with Crippen molar-refractivity contribution in [1.29, 1.82) is 0 Å². The number of rotatable bonds is 11. The summed E-state index contributed by atoms with van der Waals surface area (Å²) < 4.78 is 24.9. The minimum absolute atomic E-state index is 0.0697. The number of amides is 1. The van der Waals surface area contributed by atoms with E-state index in [-0.39, 0.29) is 18.2 Å². The number of hydrogen-bond acceptors (Lipinski definition) is 4. The summed E-state index contributed by atoms with van der Waals surface area (Å²) in [5, 5.41) is 2.61. The quantitative estimate of drug-likeness (QED) is 0.462. The zero-order chi connectivity index (χ0) is 13.9. The van der Waals surface area contributed by atoms with Crippen molar-refractivity contribution in [3.63, 3.8) is 0 Å². The average molecular weight is 279 g/mol. The molecule has 0 unspecified atom stereocenters. The van der Waals surface area contributed by atoms with Crippen LogP contribution >= 0.6 is 0 Å². The van der Waals surface area contributed by atoms with Crippen molar-refractivity contribution in [3.05, 3.63) is 0 Å². The first-order valence-corrected chi connectivity index (χ1v) is 8.11. The number of hydrogen-bond donors (Lipinski definition) is 3. The molecule has 0 aromatic heterocycles. The van der Waals surface area contributed by atoms with E-state index in [9.17, 15) is 13.2 Å². The van der Waals surface area contributed by atoms with Crippen LogP contribution in [-0.4, -0.2) is 39.7 Å². The van der Waals surface area contributed by atoms with Crippen LogP contribution in [0.3, 0.4) is 0 Å². The van der Waals surface area contributed by atoms with Gasteiger partial charge in [-0.15, -0.1) is 0 Å². The second-order valence-corrected chi connectivity index (χ2v) is 6.05. The number of carbonyl (C=O) groups excluding carboxylic acids is 1. The Kier molecular flexibility index (Phi) is 9.90. The summed E-state index contributed by atoms with van der Waals surface area (Å²) >= 11 is 0. The molecule has 0 aliphatic rings. The average Bonchev–Trinajstić information content (AvgIpc) is 2.28. The van der Waals surface area contributed by atoms with Gasteiger partial charge in [0.25, 0.3) is 0 Å². The van der Waals surface area contributed by atoms with Gasteiger partial charge in [-0.25, -0.2) is 13.1 Å². The molecule has 0 saturated heterocycles. The summed E-state index contributed by atoms with van der Waals surface area (Å²) in [5.41, 5.74) is 5.36. The van der Waals surface area contributed by atoms with E-state index in [1.165, 1.54) is 0 Å². The molecule has 108 valence electrons. The second kappa shape index (κ2) is 10.3. The van der Waals surface area contributed by atoms with Crippen LogP contribution in [0.15, 0.2) is 0 Å². The SMILES string of the molecule is CCNS(=O)(=O)CCNC(=O)CCCCCCN. The molecule has 4 N–H and O–H groups in total. The van der Waals surface area contributed by atoms with Crippen LogP contribution in [-0.2, 0) is 14.8 Å². The molecule has 0 fully saturated rings. The predicted molar refractivity (Wildman–Crippen MR) is 72.6 cm³/mol. The Hall–Kier alpha value is -0.660. The highest BCUT2D eigenvalue weighted by molar-refractivity contribution is 7.89. The van der Waals surface area contributed by atoms with E-state index < -0.39 is 10.0 Å². The van der Waals surface area contributed by atoms with Crippen molar-refractivity contribution in [2.24, 2.45) is 5.73 Å². The van der Waals surface area contributed by atoms with Gasteiger partial charge in [-0.1, -0.05) is 19.8 Å². The molecule has 0 heterocycles. The predicted octanol–water partition coefficient (Wildman–Crippen LogP) is -0.0489. The third-order valence-corrected chi connectivity index (χ3v) is 3.89. The van der Waals surface area contributed by atoms with Gasteiger partial charge in [-0.2, -0.15) is 0 Å². The van der Waals surface area contributed by atoms with Gasteiger partial charge in [0.15, 0.2) is 0 Å². The highest BCUT2D eigenvalue weighted by atomic mass is 32.2. The molecule has 1 amide bonds. The summed E-state index contributed by atoms with van der Waals surface area (Å²) in [4.78, 5) is 11.4. The van der Waals surface area contributed by atoms with Gasteiger partial charge in [0.05, 0.1) is 5.75 Å².